The Morgan fingerprint density at radius 2 is 1.66 bits per heavy atom. The second-order valence-electron chi connectivity index (χ2n) is 8.09. The molecule has 0 saturated carbocycles. The molecular weight excluding hydrogens is 426 g/mol. The smallest absolute Gasteiger partial charge is 0.283 e. The van der Waals surface area contributed by atoms with Crippen LogP contribution in [0.3, 0.4) is 0 Å². The van der Waals surface area contributed by atoms with E-state index in [1.807, 2.05) is 12.1 Å². The highest BCUT2D eigenvalue weighted by atomic mass is 32.2. The molecule has 2 aliphatic rings. The summed E-state index contributed by atoms with van der Waals surface area (Å²) < 4.78 is 27.2. The molecule has 32 heavy (non-hydrogen) atoms. The fraction of sp³-hybridized carbons (Fsp3) is 0.304. The minimum Gasteiger partial charge on any atom is -0.372 e. The summed E-state index contributed by atoms with van der Waals surface area (Å²) in [5.74, 6) is -0.0405. The number of fused-ring (bicyclic) bond motifs is 1. The molecule has 166 valence electrons. The molecule has 0 bridgehead atoms. The zero-order valence-corrected chi connectivity index (χ0v) is 18.4. The summed E-state index contributed by atoms with van der Waals surface area (Å²) in [6, 6.07) is 15.7. The first-order valence-electron chi connectivity index (χ1n) is 10.8. The fourth-order valence-corrected chi connectivity index (χ4v) is 5.63. The largest absolute Gasteiger partial charge is 0.372 e. The van der Waals surface area contributed by atoms with Gasteiger partial charge in [0.2, 0.25) is 0 Å². The summed E-state index contributed by atoms with van der Waals surface area (Å²) >= 11 is 0. The first-order chi connectivity index (χ1) is 15.5. The van der Waals surface area contributed by atoms with Gasteiger partial charge < -0.3 is 15.5 Å². The summed E-state index contributed by atoms with van der Waals surface area (Å²) in [7, 11) is -3.85. The van der Waals surface area contributed by atoms with Crippen LogP contribution >= 0.6 is 0 Å². The normalized spacial score (nSPS) is 16.1. The van der Waals surface area contributed by atoms with Crippen LogP contribution < -0.4 is 15.5 Å². The molecule has 2 N–H and O–H groups in total. The molecule has 0 aliphatic carbocycles. The predicted octanol–water partition coefficient (Wildman–Crippen LogP) is 2.97. The highest BCUT2D eigenvalue weighted by Gasteiger charge is 2.30. The number of nitrogens with zero attached hydrogens (tertiary/aromatic N) is 3. The third kappa shape index (κ3) is 3.78. The third-order valence-corrected chi connectivity index (χ3v) is 7.63. The predicted molar refractivity (Wildman–Crippen MR) is 122 cm³/mol. The summed E-state index contributed by atoms with van der Waals surface area (Å²) in [4.78, 5) is 15.4. The monoisotopic (exact) mass is 451 g/mol. The van der Waals surface area contributed by atoms with Gasteiger partial charge in [-0.05, 0) is 55.7 Å². The number of carbonyl (C=O) groups is 1. The van der Waals surface area contributed by atoms with E-state index < -0.39 is 10.0 Å². The Morgan fingerprint density at radius 1 is 0.938 bits per heavy atom. The number of amides is 1. The number of hydrogen-bond donors (Lipinski definition) is 2. The number of piperidine rings is 1. The van der Waals surface area contributed by atoms with Crippen molar-refractivity contribution in [2.24, 2.45) is 0 Å². The van der Waals surface area contributed by atoms with Crippen molar-refractivity contribution in [3.63, 3.8) is 0 Å². The molecule has 0 unspecified atom stereocenters. The van der Waals surface area contributed by atoms with Gasteiger partial charge in [0.1, 0.15) is 0 Å². The second-order valence-corrected chi connectivity index (χ2v) is 9.85. The Kier molecular flexibility index (Phi) is 5.44. The van der Waals surface area contributed by atoms with Gasteiger partial charge in [-0.2, -0.15) is 12.5 Å². The van der Waals surface area contributed by atoms with E-state index in [4.69, 9.17) is 0 Å². The summed E-state index contributed by atoms with van der Waals surface area (Å²) in [5, 5.41) is 10.2. The van der Waals surface area contributed by atoms with Crippen molar-refractivity contribution in [1.29, 1.82) is 0 Å². The van der Waals surface area contributed by atoms with Gasteiger partial charge in [0.25, 0.3) is 15.9 Å². The third-order valence-electron chi connectivity index (χ3n) is 6.00. The van der Waals surface area contributed by atoms with Crippen LogP contribution in [-0.2, 0) is 23.1 Å². The minimum atomic E-state index is -3.85. The van der Waals surface area contributed by atoms with E-state index in [1.54, 1.807) is 30.3 Å². The van der Waals surface area contributed by atoms with Crippen molar-refractivity contribution < 1.29 is 13.2 Å². The Hall–Kier alpha value is -3.17. The van der Waals surface area contributed by atoms with Gasteiger partial charge in [-0.3, -0.25) is 4.79 Å². The van der Waals surface area contributed by atoms with Crippen LogP contribution in [0.2, 0.25) is 0 Å². The van der Waals surface area contributed by atoms with Gasteiger partial charge in [-0.15, -0.1) is 5.10 Å². The topological polar surface area (TPSA) is 96.3 Å². The van der Waals surface area contributed by atoms with E-state index in [1.165, 1.54) is 31.4 Å². The standard InChI is InChI=1S/C23H25N5O3S/c29-23(17-9-11-18(12-10-17)27-13-5-2-6-14-27)25-22-20-15-24-16-21(20)28(26-22)32(30,31)19-7-3-1-4-8-19/h1,3-4,7-12,24H,2,5-6,13-16H2,(H,25,26,29). The van der Waals surface area contributed by atoms with Crippen LogP contribution in [0, 0.1) is 0 Å². The van der Waals surface area contributed by atoms with Gasteiger partial charge in [0.05, 0.1) is 10.6 Å². The minimum absolute atomic E-state index is 0.156. The van der Waals surface area contributed by atoms with Crippen LogP contribution in [0.15, 0.2) is 59.5 Å². The summed E-state index contributed by atoms with van der Waals surface area (Å²) in [5.41, 5.74) is 2.86. The maximum Gasteiger partial charge on any atom is 0.283 e. The highest BCUT2D eigenvalue weighted by Crippen LogP contribution is 2.28. The van der Waals surface area contributed by atoms with Gasteiger partial charge in [-0.25, -0.2) is 0 Å². The number of aromatic nitrogens is 2. The lowest BCUT2D eigenvalue weighted by Gasteiger charge is -2.28. The molecule has 1 aromatic heterocycles. The molecule has 3 aromatic rings. The van der Waals surface area contributed by atoms with Gasteiger partial charge in [0, 0.05) is 43.0 Å². The fourth-order valence-electron chi connectivity index (χ4n) is 4.28. The Bertz CT molecular complexity index is 1230. The quantitative estimate of drug-likeness (QED) is 0.619. The van der Waals surface area contributed by atoms with Crippen LogP contribution in [0.25, 0.3) is 0 Å². The first-order valence-corrected chi connectivity index (χ1v) is 12.3. The van der Waals surface area contributed by atoms with Crippen LogP contribution in [-0.4, -0.2) is 36.6 Å². The number of benzene rings is 2. The van der Waals surface area contributed by atoms with E-state index in [-0.39, 0.29) is 16.6 Å². The molecule has 3 heterocycles. The average Bonchev–Trinajstić information content (AvgIpc) is 3.44. The molecule has 2 aliphatic heterocycles. The van der Waals surface area contributed by atoms with E-state index in [9.17, 15) is 13.2 Å². The van der Waals surface area contributed by atoms with Crippen molar-refractivity contribution in [2.45, 2.75) is 37.2 Å². The molecule has 1 saturated heterocycles. The van der Waals surface area contributed by atoms with Crippen molar-refractivity contribution in [3.8, 4) is 0 Å². The van der Waals surface area contributed by atoms with Crippen LogP contribution in [0.4, 0.5) is 11.5 Å². The van der Waals surface area contributed by atoms with Crippen molar-refractivity contribution >= 4 is 27.4 Å². The molecule has 0 atom stereocenters. The number of nitrogens with one attached hydrogen (secondary N) is 2. The van der Waals surface area contributed by atoms with Crippen molar-refractivity contribution in [3.05, 3.63) is 71.4 Å². The number of anilines is 2. The number of hydrogen-bond acceptors (Lipinski definition) is 6. The Labute approximate surface area is 187 Å². The SMILES string of the molecule is O=C(Nc1nn(S(=O)(=O)c2ccccc2)c2c1CNC2)c1ccc(N2CCCCC2)cc1. The molecule has 1 fully saturated rings. The van der Waals surface area contributed by atoms with E-state index in [0.29, 0.717) is 29.9 Å². The maximum absolute atomic E-state index is 13.1. The second kappa shape index (κ2) is 8.40. The molecule has 8 nitrogen and oxygen atoms in total. The van der Waals surface area contributed by atoms with Gasteiger partial charge >= 0.3 is 0 Å². The zero-order chi connectivity index (χ0) is 22.1. The van der Waals surface area contributed by atoms with E-state index >= 15 is 0 Å². The maximum atomic E-state index is 13.1. The van der Waals surface area contributed by atoms with Crippen molar-refractivity contribution in [1.82, 2.24) is 14.5 Å². The molecule has 0 spiro atoms. The first kappa shape index (κ1) is 20.7. The summed E-state index contributed by atoms with van der Waals surface area (Å²) in [6.45, 7) is 2.90. The Morgan fingerprint density at radius 3 is 2.38 bits per heavy atom. The number of carbonyl (C=O) groups excluding carboxylic acids is 1. The molecule has 1 amide bonds. The Balaban J connectivity index is 1.39. The molecule has 2 aromatic carbocycles. The van der Waals surface area contributed by atoms with E-state index in [0.717, 1.165) is 22.9 Å². The molecule has 5 rings (SSSR count). The van der Waals surface area contributed by atoms with Gasteiger partial charge in [-0.1, -0.05) is 18.2 Å². The summed E-state index contributed by atoms with van der Waals surface area (Å²) in [6.07, 6.45) is 3.65. The zero-order valence-electron chi connectivity index (χ0n) is 17.6. The number of rotatable bonds is 5. The molecule has 0 radical (unpaired) electrons. The molecular formula is C23H25N5O3S. The lowest BCUT2D eigenvalue weighted by molar-refractivity contribution is 0.102. The van der Waals surface area contributed by atoms with E-state index in [2.05, 4.69) is 20.6 Å². The van der Waals surface area contributed by atoms with Gasteiger partial charge in [0.15, 0.2) is 5.82 Å². The lowest BCUT2D eigenvalue weighted by Crippen LogP contribution is -2.29. The van der Waals surface area contributed by atoms with Crippen molar-refractivity contribution in [2.75, 3.05) is 23.3 Å². The lowest BCUT2D eigenvalue weighted by atomic mass is 10.1. The molecule has 9 heteroatoms. The van der Waals surface area contributed by atoms with Crippen LogP contribution in [0.1, 0.15) is 40.9 Å². The average molecular weight is 452 g/mol. The van der Waals surface area contributed by atoms with Crippen LogP contribution in [0.5, 0.6) is 0 Å². The highest BCUT2D eigenvalue weighted by molar-refractivity contribution is 7.89.